The van der Waals surface area contributed by atoms with E-state index < -0.39 is 0 Å². The molecule has 0 radical (unpaired) electrons. The summed E-state index contributed by atoms with van der Waals surface area (Å²) in [6, 6.07) is 8.38. The summed E-state index contributed by atoms with van der Waals surface area (Å²) < 4.78 is 0. The summed E-state index contributed by atoms with van der Waals surface area (Å²) in [6.45, 7) is 3.61. The number of likely N-dealkylation sites (tertiary alicyclic amines) is 1. The molecule has 148 valence electrons. The standard InChI is InChI=1S/C23H28N2O2S/c1-15-20(23(27)25-13-4-3-5-14-25)21(16-9-11-17(28-2)12-10-16)22-18(24-15)7-6-8-19(22)26/h9-12,20-21H,3-8,13-14H2,1-2H3/t20?,21-/m0/s1. The van der Waals surface area contributed by atoms with Crippen LogP contribution < -0.4 is 0 Å². The van der Waals surface area contributed by atoms with E-state index in [4.69, 9.17) is 4.99 Å². The Balaban J connectivity index is 1.78. The van der Waals surface area contributed by atoms with Gasteiger partial charge in [0.05, 0.1) is 5.92 Å². The monoisotopic (exact) mass is 396 g/mol. The molecule has 0 aromatic heterocycles. The van der Waals surface area contributed by atoms with Gasteiger partial charge in [-0.15, -0.1) is 11.8 Å². The number of amides is 1. The van der Waals surface area contributed by atoms with Crippen molar-refractivity contribution in [2.75, 3.05) is 19.3 Å². The molecule has 5 heteroatoms. The summed E-state index contributed by atoms with van der Waals surface area (Å²) in [5, 5.41) is 0. The van der Waals surface area contributed by atoms with E-state index in [1.807, 2.05) is 11.8 Å². The van der Waals surface area contributed by atoms with E-state index in [1.54, 1.807) is 11.8 Å². The number of benzene rings is 1. The van der Waals surface area contributed by atoms with Crippen LogP contribution in [0.4, 0.5) is 0 Å². The van der Waals surface area contributed by atoms with Crippen LogP contribution in [0, 0.1) is 5.92 Å². The number of ketones is 1. The van der Waals surface area contributed by atoms with Crippen LogP contribution in [0.1, 0.15) is 56.9 Å². The molecule has 0 saturated carbocycles. The van der Waals surface area contributed by atoms with Gasteiger partial charge >= 0.3 is 0 Å². The first-order valence-corrected chi connectivity index (χ1v) is 11.6. The van der Waals surface area contributed by atoms with E-state index in [0.717, 1.165) is 61.3 Å². The molecule has 1 aromatic rings. The number of nitrogens with zero attached hydrogens (tertiary/aromatic N) is 2. The third-order valence-electron chi connectivity index (χ3n) is 6.24. The molecule has 28 heavy (non-hydrogen) atoms. The van der Waals surface area contributed by atoms with Gasteiger partial charge in [0, 0.05) is 47.3 Å². The average molecular weight is 397 g/mol. The second-order valence-corrected chi connectivity index (χ2v) is 8.88. The van der Waals surface area contributed by atoms with Gasteiger partial charge in [0.2, 0.25) is 5.91 Å². The Hall–Kier alpha value is -1.88. The smallest absolute Gasteiger partial charge is 0.232 e. The van der Waals surface area contributed by atoms with Gasteiger partial charge < -0.3 is 4.90 Å². The fourth-order valence-corrected chi connectivity index (χ4v) is 5.22. The molecule has 1 fully saturated rings. The van der Waals surface area contributed by atoms with E-state index >= 15 is 0 Å². The highest BCUT2D eigenvalue weighted by Gasteiger charge is 2.43. The summed E-state index contributed by atoms with van der Waals surface area (Å²) in [5.74, 6) is -0.248. The van der Waals surface area contributed by atoms with Crippen LogP contribution in [0.5, 0.6) is 0 Å². The second kappa shape index (κ2) is 8.24. The van der Waals surface area contributed by atoms with Crippen LogP contribution in [-0.4, -0.2) is 41.6 Å². The summed E-state index contributed by atoms with van der Waals surface area (Å²) in [5.41, 5.74) is 3.63. The van der Waals surface area contributed by atoms with Crippen molar-refractivity contribution in [1.82, 2.24) is 4.90 Å². The van der Waals surface area contributed by atoms with Gasteiger partial charge in [-0.3, -0.25) is 14.6 Å². The Morgan fingerprint density at radius 3 is 2.46 bits per heavy atom. The lowest BCUT2D eigenvalue weighted by molar-refractivity contribution is -0.134. The fourth-order valence-electron chi connectivity index (χ4n) is 4.81. The lowest BCUT2D eigenvalue weighted by atomic mass is 9.71. The maximum atomic E-state index is 13.6. The van der Waals surface area contributed by atoms with Gasteiger partial charge in [-0.05, 0) is 63.0 Å². The van der Waals surface area contributed by atoms with Crippen molar-refractivity contribution in [3.05, 3.63) is 41.1 Å². The number of hydrogen-bond acceptors (Lipinski definition) is 4. The first-order valence-electron chi connectivity index (χ1n) is 10.3. The van der Waals surface area contributed by atoms with Gasteiger partial charge in [0.25, 0.3) is 0 Å². The molecule has 0 N–H and O–H groups in total. The molecule has 2 atom stereocenters. The number of Topliss-reactive ketones (excluding diaryl/α,β-unsaturated/α-hetero) is 1. The summed E-state index contributed by atoms with van der Waals surface area (Å²) in [4.78, 5) is 34.5. The molecular formula is C23H28N2O2S. The summed E-state index contributed by atoms with van der Waals surface area (Å²) >= 11 is 1.70. The molecule has 0 bridgehead atoms. The number of hydrogen-bond donors (Lipinski definition) is 0. The topological polar surface area (TPSA) is 49.7 Å². The zero-order chi connectivity index (χ0) is 19.7. The largest absolute Gasteiger partial charge is 0.342 e. The zero-order valence-electron chi connectivity index (χ0n) is 16.7. The SMILES string of the molecule is CSc1ccc([C@@H]2C3=C(CCCC3=O)N=C(C)C2C(=O)N2CCCCC2)cc1. The van der Waals surface area contributed by atoms with E-state index in [9.17, 15) is 9.59 Å². The molecule has 4 rings (SSSR count). The number of allylic oxidation sites excluding steroid dienone is 2. The zero-order valence-corrected chi connectivity index (χ0v) is 17.6. The van der Waals surface area contributed by atoms with Crippen molar-refractivity contribution < 1.29 is 9.59 Å². The van der Waals surface area contributed by atoms with Crippen molar-refractivity contribution in [3.63, 3.8) is 0 Å². The molecule has 0 spiro atoms. The van der Waals surface area contributed by atoms with Crippen LogP contribution in [0.3, 0.4) is 0 Å². The third kappa shape index (κ3) is 3.57. The molecule has 1 aromatic carbocycles. The number of carbonyl (C=O) groups is 2. The Bertz CT molecular complexity index is 835. The van der Waals surface area contributed by atoms with Crippen LogP contribution in [0.25, 0.3) is 0 Å². The van der Waals surface area contributed by atoms with Crippen molar-refractivity contribution in [1.29, 1.82) is 0 Å². The van der Waals surface area contributed by atoms with E-state index in [2.05, 4.69) is 30.5 Å². The molecule has 1 amide bonds. The average Bonchev–Trinajstić information content (AvgIpc) is 2.73. The lowest BCUT2D eigenvalue weighted by Gasteiger charge is -2.38. The molecule has 3 aliphatic rings. The Kier molecular flexibility index (Phi) is 5.72. The molecule has 2 heterocycles. The first kappa shape index (κ1) is 19.4. The Morgan fingerprint density at radius 2 is 1.79 bits per heavy atom. The predicted octanol–water partition coefficient (Wildman–Crippen LogP) is 4.60. The normalized spacial score (nSPS) is 25.4. The molecular weight excluding hydrogens is 368 g/mol. The molecule has 2 aliphatic heterocycles. The van der Waals surface area contributed by atoms with Crippen LogP contribution in [0.15, 0.2) is 45.4 Å². The lowest BCUT2D eigenvalue weighted by Crippen LogP contribution is -2.46. The van der Waals surface area contributed by atoms with Crippen LogP contribution >= 0.6 is 11.8 Å². The molecule has 1 unspecified atom stereocenters. The van der Waals surface area contributed by atoms with Crippen molar-refractivity contribution in [2.24, 2.45) is 10.9 Å². The van der Waals surface area contributed by atoms with Crippen molar-refractivity contribution in [3.8, 4) is 0 Å². The van der Waals surface area contributed by atoms with E-state index in [-0.39, 0.29) is 23.5 Å². The quantitative estimate of drug-likeness (QED) is 0.702. The van der Waals surface area contributed by atoms with Gasteiger partial charge in [-0.2, -0.15) is 0 Å². The Labute approximate surface area is 171 Å². The number of piperidine rings is 1. The van der Waals surface area contributed by atoms with Crippen LogP contribution in [-0.2, 0) is 9.59 Å². The van der Waals surface area contributed by atoms with E-state index in [1.165, 1.54) is 11.3 Å². The van der Waals surface area contributed by atoms with Gasteiger partial charge in [0.1, 0.15) is 0 Å². The summed E-state index contributed by atoms with van der Waals surface area (Å²) in [6.07, 6.45) is 7.63. The highest BCUT2D eigenvalue weighted by molar-refractivity contribution is 7.98. The number of rotatable bonds is 3. The minimum absolute atomic E-state index is 0.143. The maximum Gasteiger partial charge on any atom is 0.232 e. The summed E-state index contributed by atoms with van der Waals surface area (Å²) in [7, 11) is 0. The van der Waals surface area contributed by atoms with Gasteiger partial charge in [-0.1, -0.05) is 12.1 Å². The second-order valence-electron chi connectivity index (χ2n) is 8.00. The van der Waals surface area contributed by atoms with Gasteiger partial charge in [0.15, 0.2) is 5.78 Å². The molecule has 4 nitrogen and oxygen atoms in total. The molecule has 1 saturated heterocycles. The Morgan fingerprint density at radius 1 is 1.07 bits per heavy atom. The third-order valence-corrected chi connectivity index (χ3v) is 6.99. The molecule has 1 aliphatic carbocycles. The predicted molar refractivity (Wildman–Crippen MR) is 114 cm³/mol. The highest BCUT2D eigenvalue weighted by atomic mass is 32.2. The number of thioether (sulfide) groups is 1. The highest BCUT2D eigenvalue weighted by Crippen LogP contribution is 2.44. The van der Waals surface area contributed by atoms with Crippen molar-refractivity contribution in [2.45, 2.75) is 56.3 Å². The fraction of sp³-hybridized carbons (Fsp3) is 0.522. The van der Waals surface area contributed by atoms with Crippen LogP contribution in [0.2, 0.25) is 0 Å². The minimum atomic E-state index is -0.362. The van der Waals surface area contributed by atoms with Crippen molar-refractivity contribution >= 4 is 29.2 Å². The number of carbonyl (C=O) groups excluding carboxylic acids is 2. The number of aliphatic imine (C=N–C) groups is 1. The van der Waals surface area contributed by atoms with Gasteiger partial charge in [-0.25, -0.2) is 0 Å². The van der Waals surface area contributed by atoms with E-state index in [0.29, 0.717) is 6.42 Å². The minimum Gasteiger partial charge on any atom is -0.342 e. The maximum absolute atomic E-state index is 13.6. The first-order chi connectivity index (χ1) is 13.6.